The first-order valence-electron chi connectivity index (χ1n) is 5.45. The minimum atomic E-state index is -0.577. The van der Waals surface area contributed by atoms with Crippen LogP contribution in [0.25, 0.3) is 6.08 Å². The molecule has 2 heterocycles. The van der Waals surface area contributed by atoms with Crippen LogP contribution in [0.1, 0.15) is 5.76 Å². The van der Waals surface area contributed by atoms with Crippen molar-refractivity contribution in [3.63, 3.8) is 0 Å². The summed E-state index contributed by atoms with van der Waals surface area (Å²) in [5.74, 6) is 0.139. The van der Waals surface area contributed by atoms with Gasteiger partial charge in [-0.3, -0.25) is 10.1 Å². The van der Waals surface area contributed by atoms with E-state index >= 15 is 0 Å². The highest BCUT2D eigenvalue weighted by atomic mass is 32.2. The summed E-state index contributed by atoms with van der Waals surface area (Å²) in [7, 11) is 0. The molecule has 2 aromatic rings. The van der Waals surface area contributed by atoms with Gasteiger partial charge >= 0.3 is 5.88 Å². The van der Waals surface area contributed by atoms with Crippen molar-refractivity contribution in [3.8, 4) is 0 Å². The van der Waals surface area contributed by atoms with Crippen molar-refractivity contribution in [2.45, 2.75) is 4.34 Å². The first kappa shape index (κ1) is 14.3. The molecule has 0 aliphatic heterocycles. The number of nitrogens with one attached hydrogen (secondary N) is 1. The summed E-state index contributed by atoms with van der Waals surface area (Å²) in [6, 6.07) is 2.85. The van der Waals surface area contributed by atoms with E-state index in [1.165, 1.54) is 35.2 Å². The number of nitrogens with zero attached hydrogens (tertiary/aromatic N) is 3. The second kappa shape index (κ2) is 6.87. The molecule has 0 saturated heterocycles. The summed E-state index contributed by atoms with van der Waals surface area (Å²) < 4.78 is 5.74. The Balaban J connectivity index is 1.90. The SMILES string of the molecule is C=CCNc1nnc(S/C=C/c2ccc([N+](=O)[O-])o2)s1. The van der Waals surface area contributed by atoms with E-state index < -0.39 is 4.92 Å². The second-order valence-corrected chi connectivity index (χ2v) is 5.53. The van der Waals surface area contributed by atoms with Gasteiger partial charge < -0.3 is 9.73 Å². The number of rotatable bonds is 7. The molecule has 0 bridgehead atoms. The Morgan fingerprint density at radius 2 is 2.40 bits per heavy atom. The molecule has 20 heavy (non-hydrogen) atoms. The number of aromatic nitrogens is 2. The van der Waals surface area contributed by atoms with Crippen LogP contribution in [-0.4, -0.2) is 21.7 Å². The Bertz CT molecular complexity index is 635. The zero-order valence-electron chi connectivity index (χ0n) is 10.2. The molecule has 0 spiro atoms. The van der Waals surface area contributed by atoms with Gasteiger partial charge in [0.2, 0.25) is 5.13 Å². The van der Waals surface area contributed by atoms with Crippen LogP contribution < -0.4 is 5.32 Å². The van der Waals surface area contributed by atoms with Gasteiger partial charge in [-0.2, -0.15) is 0 Å². The quantitative estimate of drug-likeness (QED) is 0.362. The van der Waals surface area contributed by atoms with Crippen LogP contribution in [-0.2, 0) is 0 Å². The number of hydrogen-bond acceptors (Lipinski definition) is 8. The fraction of sp³-hybridized carbons (Fsp3) is 0.0909. The Labute approximate surface area is 122 Å². The van der Waals surface area contributed by atoms with Gasteiger partial charge in [0.15, 0.2) is 4.34 Å². The van der Waals surface area contributed by atoms with Crippen molar-refractivity contribution < 1.29 is 9.34 Å². The van der Waals surface area contributed by atoms with Gasteiger partial charge in [0.25, 0.3) is 0 Å². The average molecular weight is 310 g/mol. The molecular formula is C11H10N4O3S2. The lowest BCUT2D eigenvalue weighted by Gasteiger charge is -1.92. The topological polar surface area (TPSA) is 94.1 Å². The molecule has 0 aliphatic carbocycles. The molecule has 1 N–H and O–H groups in total. The monoisotopic (exact) mass is 310 g/mol. The molecule has 0 aliphatic rings. The molecule has 0 amide bonds. The van der Waals surface area contributed by atoms with Crippen LogP contribution in [0.15, 0.2) is 39.0 Å². The van der Waals surface area contributed by atoms with Crippen molar-refractivity contribution >= 4 is 40.2 Å². The summed E-state index contributed by atoms with van der Waals surface area (Å²) in [6.45, 7) is 4.23. The van der Waals surface area contributed by atoms with Crippen LogP contribution in [0.4, 0.5) is 11.0 Å². The van der Waals surface area contributed by atoms with Crippen molar-refractivity contribution in [2.24, 2.45) is 0 Å². The molecule has 0 atom stereocenters. The van der Waals surface area contributed by atoms with Crippen LogP contribution >= 0.6 is 23.1 Å². The number of thioether (sulfide) groups is 1. The van der Waals surface area contributed by atoms with Gasteiger partial charge in [0.1, 0.15) is 10.7 Å². The van der Waals surface area contributed by atoms with E-state index in [1.807, 2.05) is 0 Å². The van der Waals surface area contributed by atoms with Gasteiger partial charge in [0, 0.05) is 6.54 Å². The van der Waals surface area contributed by atoms with E-state index in [0.29, 0.717) is 12.3 Å². The van der Waals surface area contributed by atoms with E-state index in [2.05, 4.69) is 22.1 Å². The third-order valence-corrected chi connectivity index (χ3v) is 3.77. The van der Waals surface area contributed by atoms with Crippen LogP contribution in [0, 0.1) is 10.1 Å². The number of nitro groups is 1. The Morgan fingerprint density at radius 3 is 3.10 bits per heavy atom. The maximum atomic E-state index is 10.5. The van der Waals surface area contributed by atoms with Crippen LogP contribution in [0.5, 0.6) is 0 Å². The van der Waals surface area contributed by atoms with Gasteiger partial charge in [-0.25, -0.2) is 0 Å². The highest BCUT2D eigenvalue weighted by Crippen LogP contribution is 2.27. The van der Waals surface area contributed by atoms with Crippen molar-refractivity contribution in [1.29, 1.82) is 0 Å². The molecule has 7 nitrogen and oxygen atoms in total. The zero-order valence-corrected chi connectivity index (χ0v) is 11.8. The van der Waals surface area contributed by atoms with Gasteiger partial charge in [-0.15, -0.1) is 16.8 Å². The molecule has 0 fully saturated rings. The third kappa shape index (κ3) is 3.93. The highest BCUT2D eigenvalue weighted by molar-refractivity contribution is 8.03. The van der Waals surface area contributed by atoms with Crippen molar-refractivity contribution in [1.82, 2.24) is 10.2 Å². The lowest BCUT2D eigenvalue weighted by molar-refractivity contribution is -0.402. The summed E-state index contributed by atoms with van der Waals surface area (Å²) in [6.07, 6.45) is 3.37. The fourth-order valence-electron chi connectivity index (χ4n) is 1.18. The highest BCUT2D eigenvalue weighted by Gasteiger charge is 2.09. The Hall–Kier alpha value is -2.13. The minimum Gasteiger partial charge on any atom is -0.401 e. The van der Waals surface area contributed by atoms with Crippen molar-refractivity contribution in [3.05, 3.63) is 46.1 Å². The molecule has 0 aromatic carbocycles. The smallest absolute Gasteiger partial charge is 0.401 e. The van der Waals surface area contributed by atoms with Crippen molar-refractivity contribution in [2.75, 3.05) is 11.9 Å². The summed E-state index contributed by atoms with van der Waals surface area (Å²) in [5, 5.41) is 23.9. The zero-order chi connectivity index (χ0) is 14.4. The van der Waals surface area contributed by atoms with Gasteiger partial charge in [-0.1, -0.05) is 29.2 Å². The van der Waals surface area contributed by atoms with E-state index in [-0.39, 0.29) is 5.88 Å². The molecule has 0 unspecified atom stereocenters. The molecule has 2 aromatic heterocycles. The lowest BCUT2D eigenvalue weighted by atomic mass is 10.4. The number of anilines is 1. The summed E-state index contributed by atoms with van der Waals surface area (Å²) >= 11 is 2.77. The first-order chi connectivity index (χ1) is 9.69. The van der Waals surface area contributed by atoms with E-state index in [4.69, 9.17) is 4.42 Å². The third-order valence-electron chi connectivity index (χ3n) is 2.00. The fourth-order valence-corrected chi connectivity index (χ4v) is 2.66. The molecule has 0 radical (unpaired) electrons. The standard InChI is InChI=1S/C11H10N4O3S2/c1-2-6-12-10-13-14-11(20-10)19-7-5-8-3-4-9(18-8)15(16)17/h2-5,7H,1,6H2,(H,12,13)/b7-5+. The molecule has 0 saturated carbocycles. The van der Waals surface area contributed by atoms with E-state index in [0.717, 1.165) is 9.47 Å². The van der Waals surface area contributed by atoms with Crippen LogP contribution in [0.3, 0.4) is 0 Å². The minimum absolute atomic E-state index is 0.276. The number of hydrogen-bond donors (Lipinski definition) is 1. The number of furan rings is 1. The molecule has 104 valence electrons. The first-order valence-corrected chi connectivity index (χ1v) is 7.14. The average Bonchev–Trinajstić information content (AvgIpc) is 3.06. The van der Waals surface area contributed by atoms with Gasteiger partial charge in [0.05, 0.1) is 6.07 Å². The van der Waals surface area contributed by atoms with Crippen LogP contribution in [0.2, 0.25) is 0 Å². The van der Waals surface area contributed by atoms with E-state index in [9.17, 15) is 10.1 Å². The normalized spacial score (nSPS) is 10.8. The second-order valence-electron chi connectivity index (χ2n) is 3.40. The Morgan fingerprint density at radius 1 is 1.55 bits per heavy atom. The largest absolute Gasteiger partial charge is 0.433 e. The maximum absolute atomic E-state index is 10.5. The van der Waals surface area contributed by atoms with Gasteiger partial charge in [-0.05, 0) is 17.6 Å². The summed E-state index contributed by atoms with van der Waals surface area (Å²) in [5.41, 5.74) is 0. The molecule has 2 rings (SSSR count). The molecule has 9 heteroatoms. The molecular weight excluding hydrogens is 300 g/mol. The lowest BCUT2D eigenvalue weighted by Crippen LogP contribution is -1.96. The van der Waals surface area contributed by atoms with E-state index in [1.54, 1.807) is 17.6 Å². The summed E-state index contributed by atoms with van der Waals surface area (Å²) in [4.78, 5) is 9.87. The Kier molecular flexibility index (Phi) is 4.91. The predicted octanol–water partition coefficient (Wildman–Crippen LogP) is 3.40. The predicted molar refractivity (Wildman–Crippen MR) is 78.8 cm³/mol. The maximum Gasteiger partial charge on any atom is 0.433 e.